The van der Waals surface area contributed by atoms with Gasteiger partial charge in [-0.1, -0.05) is 0 Å². The number of carbonyl (C=O) groups is 1. The molecule has 0 radical (unpaired) electrons. The zero-order chi connectivity index (χ0) is 15.7. The van der Waals surface area contributed by atoms with E-state index in [1.165, 1.54) is 10.6 Å². The van der Waals surface area contributed by atoms with Crippen LogP contribution in [0, 0.1) is 0 Å². The number of hydrogen-bond donors (Lipinski definition) is 1. The maximum Gasteiger partial charge on any atom is 0.254 e. The molecule has 120 valence electrons. The van der Waals surface area contributed by atoms with Gasteiger partial charge in [0.05, 0.1) is 6.10 Å². The van der Waals surface area contributed by atoms with Crippen molar-refractivity contribution in [2.45, 2.75) is 31.4 Å². The lowest BCUT2D eigenvalue weighted by atomic mass is 10.1. The van der Waals surface area contributed by atoms with Gasteiger partial charge in [-0.25, -0.2) is 0 Å². The van der Waals surface area contributed by atoms with Gasteiger partial charge >= 0.3 is 0 Å². The molecule has 2 atom stereocenters. The second-order valence-electron chi connectivity index (χ2n) is 6.26. The van der Waals surface area contributed by atoms with E-state index in [-0.39, 0.29) is 23.6 Å². The summed E-state index contributed by atoms with van der Waals surface area (Å²) in [6.45, 7) is 2.88. The van der Waals surface area contributed by atoms with E-state index in [0.29, 0.717) is 18.7 Å². The molecule has 2 aliphatic rings. The fourth-order valence-corrected chi connectivity index (χ4v) is 3.47. The number of rotatable bonds is 2. The smallest absolute Gasteiger partial charge is 0.254 e. The van der Waals surface area contributed by atoms with Crippen LogP contribution in [-0.2, 0) is 7.05 Å². The lowest BCUT2D eigenvalue weighted by molar-refractivity contribution is 0.0315. The average molecular weight is 305 g/mol. The Labute approximate surface area is 130 Å². The summed E-state index contributed by atoms with van der Waals surface area (Å²) in [6, 6.07) is 3.34. The summed E-state index contributed by atoms with van der Waals surface area (Å²) in [5.74, 6) is -0.0793. The number of hydrogen-bond acceptors (Lipinski definition) is 4. The van der Waals surface area contributed by atoms with Gasteiger partial charge in [0.1, 0.15) is 0 Å². The molecule has 22 heavy (non-hydrogen) atoms. The first-order chi connectivity index (χ1) is 10.6. The first-order valence-electron chi connectivity index (χ1n) is 7.94. The summed E-state index contributed by atoms with van der Waals surface area (Å²) in [4.78, 5) is 28.2. The Hall–Kier alpha value is -1.66. The van der Waals surface area contributed by atoms with Gasteiger partial charge in [-0.2, -0.15) is 0 Å². The van der Waals surface area contributed by atoms with Gasteiger partial charge in [-0.15, -0.1) is 0 Å². The van der Waals surface area contributed by atoms with E-state index < -0.39 is 0 Å². The van der Waals surface area contributed by atoms with Crippen LogP contribution in [0.3, 0.4) is 0 Å². The van der Waals surface area contributed by atoms with Crippen molar-refractivity contribution in [1.82, 2.24) is 14.4 Å². The van der Waals surface area contributed by atoms with Crippen LogP contribution in [0.25, 0.3) is 0 Å². The van der Waals surface area contributed by atoms with Gasteiger partial charge in [-0.05, 0) is 25.3 Å². The summed E-state index contributed by atoms with van der Waals surface area (Å²) in [5.41, 5.74) is 0.288. The Morgan fingerprint density at radius 1 is 1.23 bits per heavy atom. The van der Waals surface area contributed by atoms with Crippen LogP contribution < -0.4 is 5.56 Å². The monoisotopic (exact) mass is 305 g/mol. The summed E-state index contributed by atoms with van der Waals surface area (Å²) in [6.07, 6.45) is 4.42. The van der Waals surface area contributed by atoms with E-state index in [0.717, 1.165) is 32.4 Å². The number of aliphatic hydroxyl groups excluding tert-OH is 1. The van der Waals surface area contributed by atoms with Crippen LogP contribution in [0.15, 0.2) is 23.1 Å². The van der Waals surface area contributed by atoms with Crippen LogP contribution in [0.5, 0.6) is 0 Å². The van der Waals surface area contributed by atoms with Gasteiger partial charge in [-0.3, -0.25) is 14.5 Å². The molecule has 6 heteroatoms. The lowest BCUT2D eigenvalue weighted by Gasteiger charge is -2.39. The molecule has 1 N–H and O–H groups in total. The Morgan fingerprint density at radius 3 is 2.55 bits per heavy atom. The van der Waals surface area contributed by atoms with Crippen molar-refractivity contribution in [3.05, 3.63) is 34.2 Å². The topological polar surface area (TPSA) is 65.8 Å². The molecular weight excluding hydrogens is 282 g/mol. The predicted octanol–water partition coefficient (Wildman–Crippen LogP) is 0.0565. The summed E-state index contributed by atoms with van der Waals surface area (Å²) in [7, 11) is 1.67. The maximum atomic E-state index is 12.5. The summed E-state index contributed by atoms with van der Waals surface area (Å²) < 4.78 is 1.45. The van der Waals surface area contributed by atoms with Crippen molar-refractivity contribution in [1.29, 1.82) is 0 Å². The molecule has 0 bridgehead atoms. The van der Waals surface area contributed by atoms with E-state index >= 15 is 0 Å². The normalized spacial score (nSPS) is 26.4. The number of pyridine rings is 1. The van der Waals surface area contributed by atoms with Crippen LogP contribution in [0.1, 0.15) is 29.6 Å². The van der Waals surface area contributed by atoms with Gasteiger partial charge in [0.25, 0.3) is 11.5 Å². The molecule has 0 unspecified atom stereocenters. The third-order valence-electron chi connectivity index (χ3n) is 4.87. The minimum atomic E-state index is -0.223. The molecule has 1 amide bonds. The average Bonchev–Trinajstić information content (AvgIpc) is 2.95. The van der Waals surface area contributed by atoms with E-state index in [4.69, 9.17) is 0 Å². The molecule has 0 aromatic carbocycles. The Kier molecular flexibility index (Phi) is 4.31. The first-order valence-corrected chi connectivity index (χ1v) is 7.94. The molecule has 1 aromatic rings. The Morgan fingerprint density at radius 2 is 1.95 bits per heavy atom. The van der Waals surface area contributed by atoms with Crippen molar-refractivity contribution in [3.63, 3.8) is 0 Å². The standard InChI is InChI=1S/C16H23N3O3/c1-17-6-5-12(11-15(17)21)16(22)19-9-7-18(8-10-19)13-3-2-4-14(13)20/h5-6,11,13-14,20H,2-4,7-10H2,1H3/t13-,14-/m0/s1. The highest BCUT2D eigenvalue weighted by molar-refractivity contribution is 5.94. The minimum absolute atomic E-state index is 0.0793. The number of aromatic nitrogens is 1. The van der Waals surface area contributed by atoms with E-state index in [1.807, 2.05) is 0 Å². The molecule has 1 aliphatic carbocycles. The number of amides is 1. The van der Waals surface area contributed by atoms with E-state index in [2.05, 4.69) is 4.90 Å². The van der Waals surface area contributed by atoms with E-state index in [9.17, 15) is 14.7 Å². The number of aryl methyl sites for hydroxylation is 1. The maximum absolute atomic E-state index is 12.5. The third-order valence-corrected chi connectivity index (χ3v) is 4.87. The van der Waals surface area contributed by atoms with Gasteiger partial charge in [0, 0.05) is 57.1 Å². The van der Waals surface area contributed by atoms with Crippen molar-refractivity contribution in [3.8, 4) is 0 Å². The zero-order valence-electron chi connectivity index (χ0n) is 12.9. The molecule has 1 aromatic heterocycles. The number of carbonyl (C=O) groups excluding carboxylic acids is 1. The van der Waals surface area contributed by atoms with Crippen molar-refractivity contribution < 1.29 is 9.90 Å². The SMILES string of the molecule is Cn1ccc(C(=O)N2CCN([C@H]3CCC[C@@H]3O)CC2)cc1=O. The minimum Gasteiger partial charge on any atom is -0.391 e. The van der Waals surface area contributed by atoms with E-state index in [1.54, 1.807) is 24.2 Å². The number of aliphatic hydroxyl groups is 1. The quantitative estimate of drug-likeness (QED) is 0.839. The molecule has 6 nitrogen and oxygen atoms in total. The van der Waals surface area contributed by atoms with Crippen LogP contribution in [-0.4, -0.2) is 63.7 Å². The van der Waals surface area contributed by atoms with Crippen molar-refractivity contribution >= 4 is 5.91 Å². The van der Waals surface area contributed by atoms with Crippen LogP contribution in [0.2, 0.25) is 0 Å². The largest absolute Gasteiger partial charge is 0.391 e. The third kappa shape index (κ3) is 2.94. The molecule has 3 rings (SSSR count). The number of piperazine rings is 1. The van der Waals surface area contributed by atoms with Crippen LogP contribution in [0.4, 0.5) is 0 Å². The Balaban J connectivity index is 1.62. The fourth-order valence-electron chi connectivity index (χ4n) is 3.47. The van der Waals surface area contributed by atoms with Gasteiger partial charge < -0.3 is 14.6 Å². The predicted molar refractivity (Wildman–Crippen MR) is 82.8 cm³/mol. The second-order valence-corrected chi connectivity index (χ2v) is 6.26. The molecule has 2 fully saturated rings. The molecule has 1 saturated carbocycles. The molecular formula is C16H23N3O3. The van der Waals surface area contributed by atoms with Crippen molar-refractivity contribution in [2.24, 2.45) is 7.05 Å². The van der Waals surface area contributed by atoms with Crippen LogP contribution >= 0.6 is 0 Å². The molecule has 2 heterocycles. The highest BCUT2D eigenvalue weighted by Crippen LogP contribution is 2.25. The first kappa shape index (κ1) is 15.2. The second kappa shape index (κ2) is 6.22. The highest BCUT2D eigenvalue weighted by atomic mass is 16.3. The van der Waals surface area contributed by atoms with Gasteiger partial charge in [0.15, 0.2) is 0 Å². The summed E-state index contributed by atoms with van der Waals surface area (Å²) >= 11 is 0. The van der Waals surface area contributed by atoms with Crippen molar-refractivity contribution in [2.75, 3.05) is 26.2 Å². The molecule has 1 aliphatic heterocycles. The number of nitrogens with zero attached hydrogens (tertiary/aromatic N) is 3. The highest BCUT2D eigenvalue weighted by Gasteiger charge is 2.33. The molecule has 0 spiro atoms. The Bertz CT molecular complexity index is 605. The zero-order valence-corrected chi connectivity index (χ0v) is 12.9. The lowest BCUT2D eigenvalue weighted by Crippen LogP contribution is -2.53. The fraction of sp³-hybridized carbons (Fsp3) is 0.625. The molecule has 1 saturated heterocycles. The van der Waals surface area contributed by atoms with Gasteiger partial charge in [0.2, 0.25) is 0 Å². The summed E-state index contributed by atoms with van der Waals surface area (Å²) in [5, 5.41) is 9.99.